The van der Waals surface area contributed by atoms with Gasteiger partial charge >= 0.3 is 6.03 Å². The lowest BCUT2D eigenvalue weighted by Gasteiger charge is -2.15. The number of nitrogens with one attached hydrogen (secondary N) is 1. The second-order valence-corrected chi connectivity index (χ2v) is 5.31. The van der Waals surface area contributed by atoms with Crippen molar-refractivity contribution >= 4 is 29.2 Å². The highest BCUT2D eigenvalue weighted by molar-refractivity contribution is 6.31. The van der Waals surface area contributed by atoms with Crippen molar-refractivity contribution in [3.05, 3.63) is 28.8 Å². The average molecular weight is 265 g/mol. The molecule has 1 N–H and O–H groups in total. The number of hydrogen-bond donors (Lipinski definition) is 1. The first-order valence-electron chi connectivity index (χ1n) is 5.98. The van der Waals surface area contributed by atoms with Gasteiger partial charge in [0.2, 0.25) is 0 Å². The van der Waals surface area contributed by atoms with E-state index in [1.165, 1.54) is 4.90 Å². The van der Waals surface area contributed by atoms with Gasteiger partial charge in [0.25, 0.3) is 5.91 Å². The summed E-state index contributed by atoms with van der Waals surface area (Å²) >= 11 is 5.88. The highest BCUT2D eigenvalue weighted by Crippen LogP contribution is 2.37. The Kier molecular flexibility index (Phi) is 2.55. The van der Waals surface area contributed by atoms with Crippen LogP contribution in [0.4, 0.5) is 10.5 Å². The number of hydrogen-bond acceptors (Lipinski definition) is 2. The molecule has 1 aliphatic heterocycles. The van der Waals surface area contributed by atoms with Crippen LogP contribution in [0.2, 0.25) is 5.02 Å². The van der Waals surface area contributed by atoms with Crippen LogP contribution in [-0.4, -0.2) is 18.0 Å². The highest BCUT2D eigenvalue weighted by Gasteiger charge is 2.47. The maximum atomic E-state index is 12.2. The molecule has 1 aromatic carbocycles. The van der Waals surface area contributed by atoms with E-state index < -0.39 is 0 Å². The van der Waals surface area contributed by atoms with Crippen molar-refractivity contribution in [3.8, 4) is 0 Å². The number of urea groups is 1. The zero-order chi connectivity index (χ0) is 12.9. The minimum absolute atomic E-state index is 0.145. The topological polar surface area (TPSA) is 49.4 Å². The molecule has 2 fully saturated rings. The van der Waals surface area contributed by atoms with Crippen LogP contribution in [0.15, 0.2) is 18.2 Å². The second-order valence-electron chi connectivity index (χ2n) is 4.87. The molecule has 1 atom stereocenters. The molecule has 1 aromatic rings. The van der Waals surface area contributed by atoms with Gasteiger partial charge in [0, 0.05) is 5.02 Å². The van der Waals surface area contributed by atoms with E-state index >= 15 is 0 Å². The number of anilines is 1. The molecule has 5 heteroatoms. The molecule has 4 nitrogen and oxygen atoms in total. The normalized spacial score (nSPS) is 23.4. The summed E-state index contributed by atoms with van der Waals surface area (Å²) < 4.78 is 0. The first kappa shape index (κ1) is 11.5. The van der Waals surface area contributed by atoms with Crippen LogP contribution in [0.5, 0.6) is 0 Å². The summed E-state index contributed by atoms with van der Waals surface area (Å²) in [4.78, 5) is 25.4. The van der Waals surface area contributed by atoms with Gasteiger partial charge in [-0.05, 0) is 49.4 Å². The lowest BCUT2D eigenvalue weighted by molar-refractivity contribution is -0.118. The third-order valence-corrected chi connectivity index (χ3v) is 3.70. The van der Waals surface area contributed by atoms with Gasteiger partial charge in [-0.2, -0.15) is 0 Å². The summed E-state index contributed by atoms with van der Waals surface area (Å²) in [7, 11) is 0. The van der Waals surface area contributed by atoms with Crippen LogP contribution in [0.1, 0.15) is 18.4 Å². The van der Waals surface area contributed by atoms with E-state index in [0.717, 1.165) is 18.4 Å². The molecule has 0 spiro atoms. The number of carbonyl (C=O) groups excluding carboxylic acids is 2. The van der Waals surface area contributed by atoms with Gasteiger partial charge in [0.15, 0.2) is 0 Å². The van der Waals surface area contributed by atoms with Gasteiger partial charge in [-0.3, -0.25) is 4.79 Å². The lowest BCUT2D eigenvalue weighted by atomic mass is 10.1. The quantitative estimate of drug-likeness (QED) is 0.835. The number of rotatable bonds is 2. The van der Waals surface area contributed by atoms with E-state index in [4.69, 9.17) is 11.6 Å². The van der Waals surface area contributed by atoms with Crippen LogP contribution in [0, 0.1) is 12.8 Å². The molecular weight excluding hydrogens is 252 g/mol. The van der Waals surface area contributed by atoms with E-state index in [1.54, 1.807) is 18.2 Å². The maximum absolute atomic E-state index is 12.2. The van der Waals surface area contributed by atoms with Gasteiger partial charge in [0.05, 0.1) is 5.69 Å². The largest absolute Gasteiger partial charge is 0.329 e. The van der Waals surface area contributed by atoms with Crippen LogP contribution in [0.3, 0.4) is 0 Å². The number of amides is 3. The smallest absolute Gasteiger partial charge is 0.325 e. The van der Waals surface area contributed by atoms with Gasteiger partial charge in [-0.25, -0.2) is 9.69 Å². The summed E-state index contributed by atoms with van der Waals surface area (Å²) in [5, 5.41) is 3.36. The Morgan fingerprint density at radius 3 is 2.67 bits per heavy atom. The SMILES string of the molecule is Cc1cc(Cl)ccc1N1C(=O)NC(C2CC2)C1=O. The number of nitrogens with zero attached hydrogens (tertiary/aromatic N) is 1. The molecule has 1 saturated heterocycles. The molecule has 0 radical (unpaired) electrons. The number of carbonyl (C=O) groups is 2. The molecule has 0 bridgehead atoms. The monoisotopic (exact) mass is 264 g/mol. The molecule has 1 aliphatic carbocycles. The van der Waals surface area contributed by atoms with Gasteiger partial charge < -0.3 is 5.32 Å². The number of halogens is 1. The third kappa shape index (κ3) is 1.77. The average Bonchev–Trinajstić information content (AvgIpc) is 3.09. The lowest BCUT2D eigenvalue weighted by Crippen LogP contribution is -2.32. The molecule has 94 valence electrons. The molecular formula is C13H13ClN2O2. The minimum Gasteiger partial charge on any atom is -0.325 e. The van der Waals surface area contributed by atoms with Crippen molar-refractivity contribution in [2.24, 2.45) is 5.92 Å². The summed E-state index contributed by atoms with van der Waals surface area (Å²) in [6.45, 7) is 1.84. The Morgan fingerprint density at radius 2 is 2.06 bits per heavy atom. The summed E-state index contributed by atoms with van der Waals surface area (Å²) in [5.74, 6) is 0.173. The van der Waals surface area contributed by atoms with Crippen molar-refractivity contribution < 1.29 is 9.59 Å². The number of benzene rings is 1. The molecule has 1 heterocycles. The van der Waals surface area contributed by atoms with Crippen molar-refractivity contribution in [3.63, 3.8) is 0 Å². The fourth-order valence-corrected chi connectivity index (χ4v) is 2.57. The van der Waals surface area contributed by atoms with Crippen LogP contribution in [0.25, 0.3) is 0 Å². The minimum atomic E-state index is -0.340. The first-order chi connectivity index (χ1) is 8.58. The maximum Gasteiger partial charge on any atom is 0.329 e. The summed E-state index contributed by atoms with van der Waals surface area (Å²) in [5.41, 5.74) is 1.44. The Balaban J connectivity index is 1.95. The van der Waals surface area contributed by atoms with E-state index in [9.17, 15) is 9.59 Å². The standard InChI is InChI=1S/C13H13ClN2O2/c1-7-6-9(14)4-5-10(7)16-12(17)11(8-2-3-8)15-13(16)18/h4-6,8,11H,2-3H2,1H3,(H,15,18). The predicted molar refractivity (Wildman–Crippen MR) is 68.7 cm³/mol. The fraction of sp³-hybridized carbons (Fsp3) is 0.385. The molecule has 2 aliphatic rings. The summed E-state index contributed by atoms with van der Waals surface area (Å²) in [6, 6.07) is 4.48. The first-order valence-corrected chi connectivity index (χ1v) is 6.36. The third-order valence-electron chi connectivity index (χ3n) is 3.46. The predicted octanol–water partition coefficient (Wildman–Crippen LogP) is 2.48. The molecule has 0 aromatic heterocycles. The highest BCUT2D eigenvalue weighted by atomic mass is 35.5. The number of aryl methyl sites for hydroxylation is 1. The second kappa shape index (κ2) is 3.99. The Labute approximate surface area is 110 Å². The van der Waals surface area contributed by atoms with Gasteiger partial charge in [-0.1, -0.05) is 11.6 Å². The van der Waals surface area contributed by atoms with Crippen molar-refractivity contribution in [2.45, 2.75) is 25.8 Å². The summed E-state index contributed by atoms with van der Waals surface area (Å²) in [6.07, 6.45) is 2.04. The van der Waals surface area contributed by atoms with Crippen LogP contribution >= 0.6 is 11.6 Å². The molecule has 18 heavy (non-hydrogen) atoms. The fourth-order valence-electron chi connectivity index (χ4n) is 2.35. The van der Waals surface area contributed by atoms with E-state index in [-0.39, 0.29) is 18.0 Å². The van der Waals surface area contributed by atoms with Crippen LogP contribution < -0.4 is 10.2 Å². The van der Waals surface area contributed by atoms with Crippen molar-refractivity contribution in [1.29, 1.82) is 0 Å². The molecule has 3 rings (SSSR count). The van der Waals surface area contributed by atoms with E-state index in [2.05, 4.69) is 5.32 Å². The van der Waals surface area contributed by atoms with Gasteiger partial charge in [-0.15, -0.1) is 0 Å². The van der Waals surface area contributed by atoms with E-state index in [1.807, 2.05) is 6.92 Å². The molecule has 1 unspecified atom stereocenters. The molecule has 1 saturated carbocycles. The van der Waals surface area contributed by atoms with Crippen molar-refractivity contribution in [2.75, 3.05) is 4.90 Å². The Hall–Kier alpha value is -1.55. The Bertz CT molecular complexity index is 540. The van der Waals surface area contributed by atoms with E-state index in [0.29, 0.717) is 16.6 Å². The molecule has 3 amide bonds. The zero-order valence-corrected chi connectivity index (χ0v) is 10.7. The Morgan fingerprint density at radius 1 is 1.33 bits per heavy atom. The van der Waals surface area contributed by atoms with Crippen LogP contribution in [-0.2, 0) is 4.79 Å². The number of imide groups is 1. The van der Waals surface area contributed by atoms with Gasteiger partial charge in [0.1, 0.15) is 6.04 Å². The van der Waals surface area contributed by atoms with Crippen molar-refractivity contribution in [1.82, 2.24) is 5.32 Å². The zero-order valence-electron chi connectivity index (χ0n) is 9.94.